The van der Waals surface area contributed by atoms with Gasteiger partial charge in [0.05, 0.1) is 17.7 Å². The fraction of sp³-hybridized carbons (Fsp3) is 0.391. The van der Waals surface area contributed by atoms with Crippen molar-refractivity contribution in [2.45, 2.75) is 26.2 Å². The Morgan fingerprint density at radius 2 is 1.48 bits per heavy atom. The molecule has 1 N–H and O–H groups in total. The number of benzene rings is 2. The van der Waals surface area contributed by atoms with Crippen LogP contribution in [-0.2, 0) is 4.74 Å². The minimum Gasteiger partial charge on any atom is -0.478 e. The molecule has 0 radical (unpaired) electrons. The molecule has 2 bridgehead atoms. The molecule has 2 aromatic rings. The molecule has 2 aromatic carbocycles. The number of ether oxygens (including phenoxy) is 1. The number of hydrogen-bond donors (Lipinski definition) is 1. The zero-order chi connectivity index (χ0) is 19.2. The smallest absolute Gasteiger partial charge is 0.338 e. The minimum absolute atomic E-state index is 0.175. The van der Waals surface area contributed by atoms with Crippen molar-refractivity contribution in [3.63, 3.8) is 0 Å². The lowest BCUT2D eigenvalue weighted by Gasteiger charge is -2.27. The first-order valence-electron chi connectivity index (χ1n) is 9.56. The molecule has 0 spiro atoms. The summed E-state index contributed by atoms with van der Waals surface area (Å²) in [6, 6.07) is 17.6. The molecular formula is C23H26O4. The van der Waals surface area contributed by atoms with Crippen LogP contribution in [0.1, 0.15) is 46.9 Å². The maximum absolute atomic E-state index is 11.9. The van der Waals surface area contributed by atoms with Crippen molar-refractivity contribution in [2.75, 3.05) is 6.61 Å². The van der Waals surface area contributed by atoms with E-state index in [-0.39, 0.29) is 5.97 Å². The Kier molecular flexibility index (Phi) is 6.28. The van der Waals surface area contributed by atoms with Gasteiger partial charge in [0.1, 0.15) is 0 Å². The van der Waals surface area contributed by atoms with Crippen LogP contribution in [0.2, 0.25) is 0 Å². The normalized spacial score (nSPS) is 25.4. The number of aromatic carboxylic acids is 1. The summed E-state index contributed by atoms with van der Waals surface area (Å²) >= 11 is 0. The van der Waals surface area contributed by atoms with Crippen LogP contribution < -0.4 is 0 Å². The predicted molar refractivity (Wildman–Crippen MR) is 104 cm³/mol. The highest BCUT2D eigenvalue weighted by molar-refractivity contribution is 5.89. The average Bonchev–Trinajstić information content (AvgIpc) is 3.30. The van der Waals surface area contributed by atoms with Crippen molar-refractivity contribution in [2.24, 2.45) is 23.7 Å². The number of carbonyl (C=O) groups is 2. The molecule has 2 aliphatic rings. The number of fused-ring (bicyclic) bond motifs is 2. The molecule has 2 aliphatic carbocycles. The van der Waals surface area contributed by atoms with Crippen LogP contribution in [0.3, 0.4) is 0 Å². The van der Waals surface area contributed by atoms with Crippen molar-refractivity contribution in [1.29, 1.82) is 0 Å². The Morgan fingerprint density at radius 1 is 0.926 bits per heavy atom. The number of esters is 1. The van der Waals surface area contributed by atoms with Gasteiger partial charge < -0.3 is 9.84 Å². The van der Waals surface area contributed by atoms with Gasteiger partial charge in [-0.15, -0.1) is 0 Å². The summed E-state index contributed by atoms with van der Waals surface area (Å²) in [4.78, 5) is 22.1. The summed E-state index contributed by atoms with van der Waals surface area (Å²) in [6.45, 7) is 2.93. The second-order valence-electron chi connectivity index (χ2n) is 7.49. The first-order valence-corrected chi connectivity index (χ1v) is 9.56. The fourth-order valence-electron chi connectivity index (χ4n) is 4.40. The molecule has 0 amide bonds. The van der Waals surface area contributed by atoms with E-state index in [2.05, 4.69) is 6.92 Å². The zero-order valence-corrected chi connectivity index (χ0v) is 15.6. The maximum atomic E-state index is 11.9. The van der Waals surface area contributed by atoms with Crippen LogP contribution in [0.5, 0.6) is 0 Å². The van der Waals surface area contributed by atoms with E-state index < -0.39 is 5.97 Å². The first kappa shape index (κ1) is 19.2. The summed E-state index contributed by atoms with van der Waals surface area (Å²) in [5.74, 6) is 1.95. The highest BCUT2D eigenvalue weighted by atomic mass is 16.5. The third-order valence-electron chi connectivity index (χ3n) is 5.98. The lowest BCUT2D eigenvalue weighted by Crippen LogP contribution is -2.25. The molecule has 0 aliphatic heterocycles. The van der Waals surface area contributed by atoms with Crippen LogP contribution in [0.25, 0.3) is 0 Å². The SMILES string of the molecule is CC1C2CCC(C2)C1COC(=O)c1ccccc1.O=C(O)c1ccccc1. The van der Waals surface area contributed by atoms with Gasteiger partial charge in [-0.2, -0.15) is 0 Å². The Hall–Kier alpha value is -2.62. The van der Waals surface area contributed by atoms with Gasteiger partial charge in [0.25, 0.3) is 0 Å². The van der Waals surface area contributed by atoms with Crippen LogP contribution in [0.4, 0.5) is 0 Å². The lowest BCUT2D eigenvalue weighted by molar-refractivity contribution is 0.0336. The van der Waals surface area contributed by atoms with E-state index in [0.29, 0.717) is 23.7 Å². The van der Waals surface area contributed by atoms with Crippen molar-refractivity contribution < 1.29 is 19.4 Å². The van der Waals surface area contributed by atoms with Gasteiger partial charge in [0.15, 0.2) is 0 Å². The van der Waals surface area contributed by atoms with Gasteiger partial charge in [-0.1, -0.05) is 43.3 Å². The summed E-state index contributed by atoms with van der Waals surface area (Å²) in [6.07, 6.45) is 4.08. The van der Waals surface area contributed by atoms with E-state index in [1.807, 2.05) is 30.3 Å². The average molecular weight is 366 g/mol. The van der Waals surface area contributed by atoms with Crippen LogP contribution in [0.15, 0.2) is 60.7 Å². The quantitative estimate of drug-likeness (QED) is 0.781. The first-order chi connectivity index (χ1) is 13.1. The largest absolute Gasteiger partial charge is 0.478 e. The van der Waals surface area contributed by atoms with Crippen molar-refractivity contribution in [3.8, 4) is 0 Å². The van der Waals surface area contributed by atoms with E-state index >= 15 is 0 Å². The van der Waals surface area contributed by atoms with Crippen LogP contribution >= 0.6 is 0 Å². The van der Waals surface area contributed by atoms with Crippen molar-refractivity contribution in [3.05, 3.63) is 71.8 Å². The molecular weight excluding hydrogens is 340 g/mol. The van der Waals surface area contributed by atoms with Crippen molar-refractivity contribution in [1.82, 2.24) is 0 Å². The third kappa shape index (κ3) is 4.76. The molecule has 4 atom stereocenters. The van der Waals surface area contributed by atoms with Crippen molar-refractivity contribution >= 4 is 11.9 Å². The van der Waals surface area contributed by atoms with E-state index in [9.17, 15) is 9.59 Å². The summed E-state index contributed by atoms with van der Waals surface area (Å²) < 4.78 is 5.50. The standard InChI is InChI=1S/C16H20O2.C7H6O2/c1-11-13-7-8-14(9-13)15(11)10-18-16(17)12-5-3-2-4-6-12;8-7(9)6-4-2-1-3-5-6/h2-6,11,13-15H,7-10H2,1H3;1-5H,(H,8,9). The van der Waals surface area contributed by atoms with Gasteiger partial charge in [-0.3, -0.25) is 0 Å². The number of carboxylic acids is 1. The topological polar surface area (TPSA) is 63.6 Å². The summed E-state index contributed by atoms with van der Waals surface area (Å²) in [5.41, 5.74) is 0.991. The molecule has 0 saturated heterocycles. The van der Waals surface area contributed by atoms with Crippen LogP contribution in [-0.4, -0.2) is 23.7 Å². The second-order valence-corrected chi connectivity index (χ2v) is 7.49. The van der Waals surface area contributed by atoms with E-state index in [4.69, 9.17) is 9.84 Å². The number of carbonyl (C=O) groups excluding carboxylic acids is 1. The van der Waals surface area contributed by atoms with Gasteiger partial charge in [0, 0.05) is 0 Å². The zero-order valence-electron chi connectivity index (χ0n) is 15.6. The summed E-state index contributed by atoms with van der Waals surface area (Å²) in [7, 11) is 0. The minimum atomic E-state index is -0.879. The highest BCUT2D eigenvalue weighted by Crippen LogP contribution is 2.52. The van der Waals surface area contributed by atoms with E-state index in [1.165, 1.54) is 19.3 Å². The Labute approximate surface area is 160 Å². The number of hydrogen-bond acceptors (Lipinski definition) is 3. The number of carboxylic acid groups (broad SMARTS) is 1. The lowest BCUT2D eigenvalue weighted by atomic mass is 9.81. The monoisotopic (exact) mass is 366 g/mol. The van der Waals surface area contributed by atoms with Gasteiger partial charge in [0.2, 0.25) is 0 Å². The van der Waals surface area contributed by atoms with Gasteiger partial charge in [-0.05, 0) is 67.2 Å². The molecule has 0 heterocycles. The number of rotatable bonds is 4. The Morgan fingerprint density at radius 3 is 1.96 bits per heavy atom. The Bertz CT molecular complexity index is 754. The molecule has 4 rings (SSSR count). The van der Waals surface area contributed by atoms with E-state index in [0.717, 1.165) is 17.8 Å². The molecule has 4 heteroatoms. The molecule has 4 nitrogen and oxygen atoms in total. The van der Waals surface area contributed by atoms with Gasteiger partial charge >= 0.3 is 11.9 Å². The molecule has 27 heavy (non-hydrogen) atoms. The molecule has 0 aromatic heterocycles. The maximum Gasteiger partial charge on any atom is 0.338 e. The summed E-state index contributed by atoms with van der Waals surface area (Å²) in [5, 5.41) is 8.38. The van der Waals surface area contributed by atoms with Crippen LogP contribution in [0, 0.1) is 23.7 Å². The Balaban J connectivity index is 0.000000197. The van der Waals surface area contributed by atoms with Gasteiger partial charge in [-0.25, -0.2) is 9.59 Å². The fourth-order valence-corrected chi connectivity index (χ4v) is 4.40. The second kappa shape index (κ2) is 8.85. The molecule has 142 valence electrons. The molecule has 4 unspecified atom stereocenters. The van der Waals surface area contributed by atoms with E-state index in [1.54, 1.807) is 30.3 Å². The predicted octanol–water partition coefficient (Wildman–Crippen LogP) is 4.91. The highest BCUT2D eigenvalue weighted by Gasteiger charge is 2.45. The molecule has 2 saturated carbocycles. The molecule has 2 fully saturated rings. The third-order valence-corrected chi connectivity index (χ3v) is 5.98.